The van der Waals surface area contributed by atoms with E-state index in [2.05, 4.69) is 5.32 Å². The Morgan fingerprint density at radius 2 is 1.47 bits per heavy atom. The molecule has 3 amide bonds. The number of imide groups is 1. The first kappa shape index (κ1) is 24.2. The molecule has 2 aromatic rings. The third-order valence-corrected chi connectivity index (χ3v) is 7.45. The van der Waals surface area contributed by atoms with Gasteiger partial charge in [-0.05, 0) is 62.1 Å². The highest BCUT2D eigenvalue weighted by molar-refractivity contribution is 6.31. The van der Waals surface area contributed by atoms with Crippen molar-refractivity contribution in [1.82, 2.24) is 0 Å². The van der Waals surface area contributed by atoms with Gasteiger partial charge in [0.2, 0.25) is 11.8 Å². The first-order chi connectivity index (χ1) is 16.2. The molecule has 2 fully saturated rings. The molecular formula is C25H24Cl2N2O5. The fourth-order valence-electron chi connectivity index (χ4n) is 4.50. The first-order valence-electron chi connectivity index (χ1n) is 11.0. The summed E-state index contributed by atoms with van der Waals surface area (Å²) in [5, 5.41) is 2.04. The molecule has 4 atom stereocenters. The summed E-state index contributed by atoms with van der Waals surface area (Å²) in [7, 11) is 0. The third-order valence-electron chi connectivity index (χ3n) is 6.35. The largest absolute Gasteiger partial charge is 0.452 e. The lowest BCUT2D eigenvalue weighted by Crippen LogP contribution is -2.34. The van der Waals surface area contributed by atoms with Crippen LogP contribution in [-0.2, 0) is 19.1 Å². The number of rotatable bonds is 5. The van der Waals surface area contributed by atoms with Crippen molar-refractivity contribution >= 4 is 58.3 Å². The van der Waals surface area contributed by atoms with Gasteiger partial charge in [-0.1, -0.05) is 18.2 Å². The van der Waals surface area contributed by atoms with Gasteiger partial charge in [0.1, 0.15) is 0 Å². The number of hydrogen-bond donors (Lipinski definition) is 1. The molecule has 0 spiro atoms. The number of nitrogens with one attached hydrogen (secondary N) is 1. The Hall–Kier alpha value is -2.90. The lowest BCUT2D eigenvalue weighted by Gasteiger charge is -2.28. The van der Waals surface area contributed by atoms with Gasteiger partial charge < -0.3 is 10.1 Å². The van der Waals surface area contributed by atoms with E-state index in [-0.39, 0.29) is 28.1 Å². The van der Waals surface area contributed by atoms with Crippen molar-refractivity contribution in [1.29, 1.82) is 0 Å². The number of amides is 3. The summed E-state index contributed by atoms with van der Waals surface area (Å²) < 4.78 is 5.12. The highest BCUT2D eigenvalue weighted by Gasteiger charge is 2.52. The summed E-state index contributed by atoms with van der Waals surface area (Å²) in [4.78, 5) is 51.5. The van der Waals surface area contributed by atoms with Crippen molar-refractivity contribution in [2.24, 2.45) is 11.8 Å². The van der Waals surface area contributed by atoms with Crippen LogP contribution in [0.1, 0.15) is 34.3 Å². The number of halogens is 2. The second kappa shape index (κ2) is 9.76. The fourth-order valence-corrected chi connectivity index (χ4v) is 5.09. The van der Waals surface area contributed by atoms with Crippen LogP contribution in [0.4, 0.5) is 11.4 Å². The average Bonchev–Trinajstić information content (AvgIpc) is 3.04. The molecule has 1 saturated heterocycles. The van der Waals surface area contributed by atoms with Crippen LogP contribution in [0.15, 0.2) is 42.5 Å². The van der Waals surface area contributed by atoms with Crippen LogP contribution in [-0.4, -0.2) is 41.1 Å². The molecule has 2 aromatic carbocycles. The van der Waals surface area contributed by atoms with Gasteiger partial charge in [-0.2, -0.15) is 0 Å². The maximum atomic E-state index is 12.9. The zero-order valence-electron chi connectivity index (χ0n) is 18.7. The highest BCUT2D eigenvalue weighted by atomic mass is 35.5. The predicted octanol–water partition coefficient (Wildman–Crippen LogP) is 4.21. The molecule has 7 nitrogen and oxygen atoms in total. The number of hydrogen-bond acceptors (Lipinski definition) is 5. The number of esters is 1. The number of ether oxygens (including phenoxy) is 1. The lowest BCUT2D eigenvalue weighted by atomic mass is 9.80. The van der Waals surface area contributed by atoms with E-state index in [9.17, 15) is 19.2 Å². The molecule has 4 rings (SSSR count). The Morgan fingerprint density at radius 1 is 0.941 bits per heavy atom. The van der Waals surface area contributed by atoms with Gasteiger partial charge in [0, 0.05) is 5.69 Å². The van der Waals surface area contributed by atoms with Crippen LogP contribution in [0.5, 0.6) is 0 Å². The molecule has 0 aromatic heterocycles. The van der Waals surface area contributed by atoms with E-state index in [1.807, 2.05) is 32.0 Å². The number of aryl methyl sites for hydroxylation is 2. The minimum absolute atomic E-state index is 0.196. The molecule has 1 heterocycles. The van der Waals surface area contributed by atoms with Gasteiger partial charge in [0.05, 0.1) is 33.8 Å². The Bertz CT molecular complexity index is 1100. The van der Waals surface area contributed by atoms with E-state index < -0.39 is 30.3 Å². The van der Waals surface area contributed by atoms with E-state index in [0.29, 0.717) is 24.2 Å². The predicted molar refractivity (Wildman–Crippen MR) is 129 cm³/mol. The summed E-state index contributed by atoms with van der Waals surface area (Å²) >= 11 is 12.4. The zero-order valence-corrected chi connectivity index (χ0v) is 20.2. The lowest BCUT2D eigenvalue weighted by molar-refractivity contribution is -0.122. The van der Waals surface area contributed by atoms with Crippen LogP contribution in [0.3, 0.4) is 0 Å². The van der Waals surface area contributed by atoms with E-state index in [0.717, 1.165) is 16.0 Å². The molecule has 1 saturated carbocycles. The molecule has 0 radical (unpaired) electrons. The number of carbonyl (C=O) groups is 4. The van der Waals surface area contributed by atoms with Crippen molar-refractivity contribution in [2.75, 3.05) is 16.8 Å². The summed E-state index contributed by atoms with van der Waals surface area (Å²) in [6, 6.07) is 11.6. The van der Waals surface area contributed by atoms with E-state index >= 15 is 0 Å². The van der Waals surface area contributed by atoms with Crippen LogP contribution < -0.4 is 10.2 Å². The SMILES string of the molecule is Cc1cccc(C)c1NC(=O)COC(=O)c1ccc(N2C(=O)[C@H]3C[C@@H](Cl)[C@@H](Cl)C[C@H]3C2=O)cc1. The van der Waals surface area contributed by atoms with Crippen molar-refractivity contribution in [2.45, 2.75) is 37.4 Å². The third kappa shape index (κ3) is 4.68. The number of carbonyl (C=O) groups excluding carboxylic acids is 4. The van der Waals surface area contributed by atoms with Crippen LogP contribution in [0.2, 0.25) is 0 Å². The molecule has 178 valence electrons. The van der Waals surface area contributed by atoms with Crippen LogP contribution in [0, 0.1) is 25.7 Å². The van der Waals surface area contributed by atoms with Gasteiger partial charge in [-0.3, -0.25) is 19.3 Å². The van der Waals surface area contributed by atoms with Crippen molar-refractivity contribution in [3.05, 3.63) is 59.2 Å². The number of alkyl halides is 2. The minimum atomic E-state index is -0.689. The van der Waals surface area contributed by atoms with Crippen molar-refractivity contribution < 1.29 is 23.9 Å². The van der Waals surface area contributed by atoms with Gasteiger partial charge in [-0.25, -0.2) is 4.79 Å². The van der Waals surface area contributed by atoms with E-state index in [1.165, 1.54) is 24.3 Å². The summed E-state index contributed by atoms with van der Waals surface area (Å²) in [5.41, 5.74) is 3.07. The molecule has 1 N–H and O–H groups in total. The normalized spacial score (nSPS) is 24.1. The number of para-hydroxylation sites is 1. The van der Waals surface area contributed by atoms with Crippen LogP contribution in [0.25, 0.3) is 0 Å². The zero-order chi connectivity index (χ0) is 24.6. The van der Waals surface area contributed by atoms with Crippen LogP contribution >= 0.6 is 23.2 Å². The van der Waals surface area contributed by atoms with Crippen molar-refractivity contribution in [3.8, 4) is 0 Å². The summed E-state index contributed by atoms with van der Waals surface area (Å²) in [5.74, 6) is -2.71. The van der Waals surface area contributed by atoms with E-state index in [1.54, 1.807) is 0 Å². The van der Waals surface area contributed by atoms with Gasteiger partial charge >= 0.3 is 5.97 Å². The molecule has 1 aliphatic carbocycles. The van der Waals surface area contributed by atoms with Gasteiger partial charge in [-0.15, -0.1) is 23.2 Å². The molecule has 2 aliphatic rings. The van der Waals surface area contributed by atoms with E-state index in [4.69, 9.17) is 27.9 Å². The number of benzene rings is 2. The molecular weight excluding hydrogens is 479 g/mol. The highest BCUT2D eigenvalue weighted by Crippen LogP contribution is 2.43. The molecule has 34 heavy (non-hydrogen) atoms. The Balaban J connectivity index is 1.38. The summed E-state index contributed by atoms with van der Waals surface area (Å²) in [6.07, 6.45) is 0.714. The number of nitrogens with zero attached hydrogens (tertiary/aromatic N) is 1. The first-order valence-corrected chi connectivity index (χ1v) is 11.8. The summed E-state index contributed by atoms with van der Waals surface area (Å²) in [6.45, 7) is 3.31. The molecule has 1 aliphatic heterocycles. The minimum Gasteiger partial charge on any atom is -0.452 e. The number of anilines is 2. The molecule has 0 unspecified atom stereocenters. The standard InChI is InChI=1S/C25H24Cl2N2O5/c1-13-4-3-5-14(2)22(13)28-21(30)12-34-25(33)15-6-8-16(9-7-15)29-23(31)17-10-19(26)20(27)11-18(17)24(29)32/h3-9,17-20H,10-12H2,1-2H3,(H,28,30)/t17-,18+,19+,20-. The Kier molecular flexibility index (Phi) is 6.96. The van der Waals surface area contributed by atoms with Gasteiger partial charge in [0.15, 0.2) is 6.61 Å². The maximum Gasteiger partial charge on any atom is 0.338 e. The second-order valence-corrected chi connectivity index (χ2v) is 9.79. The molecule has 0 bridgehead atoms. The van der Waals surface area contributed by atoms with Gasteiger partial charge in [0.25, 0.3) is 5.91 Å². The smallest absolute Gasteiger partial charge is 0.338 e. The maximum absolute atomic E-state index is 12.9. The quantitative estimate of drug-likeness (QED) is 0.375. The monoisotopic (exact) mass is 502 g/mol. The Labute approximate surface area is 207 Å². The average molecular weight is 503 g/mol. The molecule has 9 heteroatoms. The van der Waals surface area contributed by atoms with Crippen molar-refractivity contribution in [3.63, 3.8) is 0 Å². The second-order valence-electron chi connectivity index (χ2n) is 8.67. The Morgan fingerprint density at radius 3 is 2.00 bits per heavy atom. The topological polar surface area (TPSA) is 92.8 Å². The fraction of sp³-hybridized carbons (Fsp3) is 0.360. The number of fused-ring (bicyclic) bond motifs is 1.